The second-order valence-corrected chi connectivity index (χ2v) is 8.35. The number of nitrogens with one attached hydrogen (secondary N) is 1. The Bertz CT molecular complexity index is 662. The van der Waals surface area contributed by atoms with Crippen LogP contribution in [0.2, 0.25) is 0 Å². The van der Waals surface area contributed by atoms with E-state index in [1.54, 1.807) is 12.1 Å². The van der Waals surface area contributed by atoms with Crippen LogP contribution in [-0.2, 0) is 25.2 Å². The third kappa shape index (κ3) is 4.03. The van der Waals surface area contributed by atoms with Crippen molar-refractivity contribution in [1.29, 1.82) is 0 Å². The standard InChI is InChI=1S/C16H24N2O4S/c1-16(2,3)12-7-9-13(10-8-12)17-23(20,21)18-11-5-6-14(18)15(19)22-4/h7-10,14,17H,5-6,11H2,1-4H3/t14-/m1/s1. The van der Waals surface area contributed by atoms with Crippen LogP contribution in [0.25, 0.3) is 0 Å². The Morgan fingerprint density at radius 2 is 1.87 bits per heavy atom. The van der Waals surface area contributed by atoms with Gasteiger partial charge in [-0.3, -0.25) is 9.52 Å². The van der Waals surface area contributed by atoms with E-state index in [4.69, 9.17) is 4.74 Å². The van der Waals surface area contributed by atoms with Gasteiger partial charge in [0.15, 0.2) is 0 Å². The Balaban J connectivity index is 2.16. The highest BCUT2D eigenvalue weighted by Crippen LogP contribution is 2.26. The van der Waals surface area contributed by atoms with Gasteiger partial charge in [-0.2, -0.15) is 12.7 Å². The topological polar surface area (TPSA) is 75.7 Å². The van der Waals surface area contributed by atoms with Crippen molar-refractivity contribution < 1.29 is 17.9 Å². The molecular weight excluding hydrogens is 316 g/mol. The van der Waals surface area contributed by atoms with Gasteiger partial charge < -0.3 is 4.74 Å². The quantitative estimate of drug-likeness (QED) is 0.853. The molecule has 1 saturated heterocycles. The maximum atomic E-state index is 12.5. The largest absolute Gasteiger partial charge is 0.468 e. The van der Waals surface area contributed by atoms with Gasteiger partial charge in [0.2, 0.25) is 0 Å². The monoisotopic (exact) mass is 340 g/mol. The molecule has 1 aliphatic heterocycles. The molecule has 0 aromatic heterocycles. The zero-order valence-corrected chi connectivity index (χ0v) is 14.8. The van der Waals surface area contributed by atoms with Crippen LogP contribution < -0.4 is 4.72 Å². The highest BCUT2D eigenvalue weighted by Gasteiger charge is 2.39. The Morgan fingerprint density at radius 1 is 1.26 bits per heavy atom. The second kappa shape index (κ2) is 6.49. The Morgan fingerprint density at radius 3 is 2.39 bits per heavy atom. The number of ether oxygens (including phenoxy) is 1. The molecule has 1 N–H and O–H groups in total. The average Bonchev–Trinajstić information content (AvgIpc) is 2.96. The molecule has 1 fully saturated rings. The summed E-state index contributed by atoms with van der Waals surface area (Å²) in [5, 5.41) is 0. The van der Waals surface area contributed by atoms with Gasteiger partial charge in [-0.25, -0.2) is 0 Å². The summed E-state index contributed by atoms with van der Waals surface area (Å²) < 4.78 is 33.4. The van der Waals surface area contributed by atoms with Crippen molar-refractivity contribution in [3.05, 3.63) is 29.8 Å². The first kappa shape index (κ1) is 17.7. The van der Waals surface area contributed by atoms with E-state index in [0.717, 1.165) is 5.56 Å². The Hall–Kier alpha value is -1.60. The minimum Gasteiger partial charge on any atom is -0.468 e. The number of anilines is 1. The van der Waals surface area contributed by atoms with Crippen LogP contribution in [0.4, 0.5) is 5.69 Å². The molecule has 23 heavy (non-hydrogen) atoms. The molecule has 6 nitrogen and oxygen atoms in total. The van der Waals surface area contributed by atoms with Crippen LogP contribution in [0.5, 0.6) is 0 Å². The Kier molecular flexibility index (Phi) is 5.01. The fourth-order valence-electron chi connectivity index (χ4n) is 2.65. The van der Waals surface area contributed by atoms with Gasteiger partial charge in [-0.15, -0.1) is 0 Å². The summed E-state index contributed by atoms with van der Waals surface area (Å²) in [4.78, 5) is 11.7. The fourth-order valence-corrected chi connectivity index (χ4v) is 4.09. The van der Waals surface area contributed by atoms with Crippen molar-refractivity contribution >= 4 is 21.9 Å². The summed E-state index contributed by atoms with van der Waals surface area (Å²) >= 11 is 0. The molecule has 128 valence electrons. The van der Waals surface area contributed by atoms with Crippen LogP contribution >= 0.6 is 0 Å². The van der Waals surface area contributed by atoms with E-state index < -0.39 is 22.2 Å². The van der Waals surface area contributed by atoms with Gasteiger partial charge in [0.1, 0.15) is 6.04 Å². The first-order valence-electron chi connectivity index (χ1n) is 7.63. The molecule has 1 aromatic rings. The van der Waals surface area contributed by atoms with Crippen molar-refractivity contribution in [3.63, 3.8) is 0 Å². The molecule has 0 bridgehead atoms. The maximum Gasteiger partial charge on any atom is 0.324 e. The van der Waals surface area contributed by atoms with E-state index in [0.29, 0.717) is 25.1 Å². The van der Waals surface area contributed by atoms with Gasteiger partial charge in [0.25, 0.3) is 0 Å². The zero-order chi connectivity index (χ0) is 17.3. The third-order valence-corrected chi connectivity index (χ3v) is 5.53. The van der Waals surface area contributed by atoms with Crippen molar-refractivity contribution in [2.24, 2.45) is 0 Å². The predicted octanol–water partition coefficient (Wildman–Crippen LogP) is 2.28. The van der Waals surface area contributed by atoms with Crippen LogP contribution in [0.1, 0.15) is 39.2 Å². The highest BCUT2D eigenvalue weighted by molar-refractivity contribution is 7.90. The average molecular weight is 340 g/mol. The SMILES string of the molecule is COC(=O)[C@H]1CCCN1S(=O)(=O)Nc1ccc(C(C)(C)C)cc1. The van der Waals surface area contributed by atoms with E-state index in [1.165, 1.54) is 11.4 Å². The third-order valence-electron chi connectivity index (χ3n) is 3.98. The van der Waals surface area contributed by atoms with Crippen molar-refractivity contribution in [3.8, 4) is 0 Å². The number of carbonyl (C=O) groups is 1. The first-order chi connectivity index (χ1) is 10.6. The van der Waals surface area contributed by atoms with Gasteiger partial charge in [-0.05, 0) is 36.0 Å². The predicted molar refractivity (Wildman–Crippen MR) is 89.4 cm³/mol. The number of carbonyl (C=O) groups excluding carboxylic acids is 1. The number of esters is 1. The van der Waals surface area contributed by atoms with E-state index in [1.807, 2.05) is 12.1 Å². The van der Waals surface area contributed by atoms with Crippen LogP contribution in [0, 0.1) is 0 Å². The lowest BCUT2D eigenvalue weighted by molar-refractivity contribution is -0.144. The molecule has 2 rings (SSSR count). The maximum absolute atomic E-state index is 12.5. The van der Waals surface area contributed by atoms with Gasteiger partial charge in [-0.1, -0.05) is 32.9 Å². The fraction of sp³-hybridized carbons (Fsp3) is 0.562. The summed E-state index contributed by atoms with van der Waals surface area (Å²) in [7, 11) is -2.52. The summed E-state index contributed by atoms with van der Waals surface area (Å²) in [5.74, 6) is -0.518. The number of methoxy groups -OCH3 is 1. The second-order valence-electron chi connectivity index (χ2n) is 6.73. The molecule has 0 radical (unpaired) electrons. The molecule has 1 heterocycles. The van der Waals surface area contributed by atoms with E-state index in [2.05, 4.69) is 25.5 Å². The van der Waals surface area contributed by atoms with E-state index in [-0.39, 0.29) is 5.41 Å². The van der Waals surface area contributed by atoms with Crippen LogP contribution in [0.15, 0.2) is 24.3 Å². The van der Waals surface area contributed by atoms with E-state index >= 15 is 0 Å². The number of nitrogens with zero attached hydrogens (tertiary/aromatic N) is 1. The molecule has 1 aromatic carbocycles. The molecule has 0 unspecified atom stereocenters. The molecule has 0 spiro atoms. The minimum absolute atomic E-state index is 0.00232. The van der Waals surface area contributed by atoms with Crippen molar-refractivity contribution in [1.82, 2.24) is 4.31 Å². The van der Waals surface area contributed by atoms with Gasteiger partial charge in [0, 0.05) is 12.2 Å². The minimum atomic E-state index is -3.78. The molecule has 7 heteroatoms. The van der Waals surface area contributed by atoms with Crippen molar-refractivity contribution in [2.75, 3.05) is 18.4 Å². The summed E-state index contributed by atoms with van der Waals surface area (Å²) in [6.45, 7) is 6.60. The van der Waals surface area contributed by atoms with E-state index in [9.17, 15) is 13.2 Å². The number of hydrogen-bond acceptors (Lipinski definition) is 4. The van der Waals surface area contributed by atoms with Crippen molar-refractivity contribution in [2.45, 2.75) is 45.1 Å². The summed E-state index contributed by atoms with van der Waals surface area (Å²) in [6.07, 6.45) is 1.13. The number of benzene rings is 1. The lowest BCUT2D eigenvalue weighted by atomic mass is 9.87. The summed E-state index contributed by atoms with van der Waals surface area (Å²) in [6, 6.07) is 6.54. The molecular formula is C16H24N2O4S. The number of rotatable bonds is 4. The molecule has 0 aliphatic carbocycles. The zero-order valence-electron chi connectivity index (χ0n) is 14.0. The number of hydrogen-bond donors (Lipinski definition) is 1. The van der Waals surface area contributed by atoms with Crippen LogP contribution in [0.3, 0.4) is 0 Å². The molecule has 1 aliphatic rings. The Labute approximate surface area is 138 Å². The lowest BCUT2D eigenvalue weighted by Gasteiger charge is -2.23. The molecule has 1 atom stereocenters. The molecule has 0 amide bonds. The van der Waals surface area contributed by atoms with Crippen LogP contribution in [-0.4, -0.2) is 38.4 Å². The molecule has 0 saturated carbocycles. The first-order valence-corrected chi connectivity index (χ1v) is 9.07. The summed E-state index contributed by atoms with van der Waals surface area (Å²) in [5.41, 5.74) is 1.60. The highest BCUT2D eigenvalue weighted by atomic mass is 32.2. The van der Waals surface area contributed by atoms with Gasteiger partial charge in [0.05, 0.1) is 7.11 Å². The van der Waals surface area contributed by atoms with Gasteiger partial charge >= 0.3 is 16.2 Å². The smallest absolute Gasteiger partial charge is 0.324 e. The normalized spacial score (nSPS) is 19.6. The lowest BCUT2D eigenvalue weighted by Crippen LogP contribution is -2.43.